The Morgan fingerprint density at radius 2 is 1.74 bits per heavy atom. The van der Waals surface area contributed by atoms with Crippen molar-refractivity contribution in [3.8, 4) is 0 Å². The normalized spacial score (nSPS) is 42.7. The van der Waals surface area contributed by atoms with Crippen molar-refractivity contribution in [2.75, 3.05) is 6.61 Å². The Bertz CT molecular complexity index is 1240. The molecule has 8 nitrogen and oxygen atoms in total. The topological polar surface area (TPSA) is 119 Å². The number of aliphatic hydroxyl groups excluding tert-OH is 1. The molecule has 9 atom stereocenters. The number of ether oxygens (including phenoxy) is 3. The molecule has 2 bridgehead atoms. The highest BCUT2D eigenvalue weighted by molar-refractivity contribution is 5.92. The number of fused-ring (bicyclic) bond motifs is 5. The lowest BCUT2D eigenvalue weighted by Gasteiger charge is -2.68. The summed E-state index contributed by atoms with van der Waals surface area (Å²) in [7, 11) is 0. The summed E-state index contributed by atoms with van der Waals surface area (Å²) in [5.41, 5.74) is -3.68. The average molecular weight is 541 g/mol. The molecule has 1 saturated heterocycles. The third kappa shape index (κ3) is 3.64. The molecule has 0 amide bonds. The Hall–Kier alpha value is -2.55. The standard InChI is InChI=1S/C31H40O8/c1-16-13-22-30(15-37-22,39-19(4)32)24-26(38-27(35)20-11-9-8-10-12-20)31(36)14-21(33)17(2)23(28(31,5)6)18(3)25(34)29(16,24)7/h8-12,16,18,21-22,24,26,33,36H,13-15H2,1-7H3/t16-,18+,21?,22+,24-,26-,29+,30-,31+/m0/s1. The van der Waals surface area contributed by atoms with E-state index in [1.807, 2.05) is 34.6 Å². The molecule has 3 aliphatic carbocycles. The van der Waals surface area contributed by atoms with Gasteiger partial charge in [-0.15, -0.1) is 0 Å². The maximum absolute atomic E-state index is 14.7. The Kier molecular flexibility index (Phi) is 6.45. The van der Waals surface area contributed by atoms with Crippen LogP contribution in [0.4, 0.5) is 0 Å². The predicted octanol–water partition coefficient (Wildman–Crippen LogP) is 3.63. The zero-order valence-electron chi connectivity index (χ0n) is 23.8. The molecule has 8 heteroatoms. The van der Waals surface area contributed by atoms with Gasteiger partial charge in [0.25, 0.3) is 0 Å². The van der Waals surface area contributed by atoms with Gasteiger partial charge in [-0.25, -0.2) is 4.79 Å². The molecule has 1 heterocycles. The molecule has 2 saturated carbocycles. The van der Waals surface area contributed by atoms with Crippen LogP contribution >= 0.6 is 0 Å². The summed E-state index contributed by atoms with van der Waals surface area (Å²) in [6.07, 6.45) is -2.50. The second-order valence-corrected chi connectivity index (χ2v) is 12.9. The van der Waals surface area contributed by atoms with E-state index < -0.39 is 64.1 Å². The highest BCUT2D eigenvalue weighted by Gasteiger charge is 2.76. The molecule has 0 aromatic heterocycles. The minimum absolute atomic E-state index is 0.0199. The number of aliphatic hydroxyl groups is 2. The van der Waals surface area contributed by atoms with Crippen LogP contribution in [0.1, 0.15) is 71.7 Å². The highest BCUT2D eigenvalue weighted by atomic mass is 16.6. The van der Waals surface area contributed by atoms with Gasteiger partial charge in [-0.1, -0.05) is 52.8 Å². The van der Waals surface area contributed by atoms with E-state index in [4.69, 9.17) is 14.2 Å². The maximum atomic E-state index is 14.7. The first kappa shape index (κ1) is 28.0. The highest BCUT2D eigenvalue weighted by Crippen LogP contribution is 2.66. The third-order valence-corrected chi connectivity index (χ3v) is 10.7. The summed E-state index contributed by atoms with van der Waals surface area (Å²) in [5.74, 6) is -3.08. The number of carbonyl (C=O) groups is 3. The van der Waals surface area contributed by atoms with Crippen molar-refractivity contribution in [3.63, 3.8) is 0 Å². The second kappa shape index (κ2) is 8.98. The number of benzene rings is 1. The number of hydrogen-bond acceptors (Lipinski definition) is 8. The van der Waals surface area contributed by atoms with Gasteiger partial charge >= 0.3 is 11.9 Å². The van der Waals surface area contributed by atoms with Crippen LogP contribution in [0.15, 0.2) is 41.5 Å². The summed E-state index contributed by atoms with van der Waals surface area (Å²) < 4.78 is 18.3. The molecular weight excluding hydrogens is 500 g/mol. The molecule has 3 fully saturated rings. The summed E-state index contributed by atoms with van der Waals surface area (Å²) in [6.45, 7) is 12.5. The van der Waals surface area contributed by atoms with E-state index in [1.165, 1.54) is 6.92 Å². The molecule has 1 aliphatic heterocycles. The van der Waals surface area contributed by atoms with Gasteiger partial charge in [0.15, 0.2) is 5.60 Å². The maximum Gasteiger partial charge on any atom is 0.338 e. The molecule has 212 valence electrons. The van der Waals surface area contributed by atoms with Gasteiger partial charge in [0.05, 0.1) is 24.2 Å². The summed E-state index contributed by atoms with van der Waals surface area (Å²) in [6, 6.07) is 8.47. The van der Waals surface area contributed by atoms with Crippen LogP contribution in [-0.4, -0.2) is 64.1 Å². The van der Waals surface area contributed by atoms with E-state index in [-0.39, 0.29) is 30.3 Å². The molecule has 0 radical (unpaired) electrons. The third-order valence-electron chi connectivity index (χ3n) is 10.7. The molecule has 1 aromatic carbocycles. The number of ketones is 1. The minimum atomic E-state index is -1.79. The van der Waals surface area contributed by atoms with Crippen molar-refractivity contribution < 1.29 is 38.8 Å². The number of esters is 2. The lowest BCUT2D eigenvalue weighted by molar-refractivity contribution is -0.339. The van der Waals surface area contributed by atoms with E-state index in [9.17, 15) is 24.6 Å². The van der Waals surface area contributed by atoms with Crippen LogP contribution in [-0.2, 0) is 23.8 Å². The SMILES string of the molecule is CC(=O)O[C@@]12CO[C@@H]1C[C@H](C)[C@@]1(C)C(=O)[C@H](C)C3=C(C)C(O)C[C@@](O)([C@@H](OC(=O)c4ccccc4)[C@H]21)C3(C)C. The first-order valence-corrected chi connectivity index (χ1v) is 13.9. The Morgan fingerprint density at radius 1 is 1.10 bits per heavy atom. The van der Waals surface area contributed by atoms with Gasteiger partial charge in [0.1, 0.15) is 23.6 Å². The molecule has 2 N–H and O–H groups in total. The fourth-order valence-electron chi connectivity index (χ4n) is 8.46. The van der Waals surface area contributed by atoms with Crippen LogP contribution in [0.25, 0.3) is 0 Å². The fraction of sp³-hybridized carbons (Fsp3) is 0.645. The Morgan fingerprint density at radius 3 is 2.31 bits per heavy atom. The van der Waals surface area contributed by atoms with Crippen molar-refractivity contribution in [2.24, 2.45) is 28.6 Å². The van der Waals surface area contributed by atoms with Crippen molar-refractivity contribution in [2.45, 2.75) is 90.8 Å². The number of rotatable bonds is 3. The summed E-state index contributed by atoms with van der Waals surface area (Å²) in [4.78, 5) is 40.9. The fourth-order valence-corrected chi connectivity index (χ4v) is 8.46. The summed E-state index contributed by atoms with van der Waals surface area (Å²) >= 11 is 0. The molecule has 39 heavy (non-hydrogen) atoms. The molecule has 4 aliphatic rings. The zero-order valence-corrected chi connectivity index (χ0v) is 23.8. The van der Waals surface area contributed by atoms with Crippen LogP contribution in [0.3, 0.4) is 0 Å². The first-order valence-electron chi connectivity index (χ1n) is 13.9. The summed E-state index contributed by atoms with van der Waals surface area (Å²) in [5, 5.41) is 24.1. The van der Waals surface area contributed by atoms with Crippen LogP contribution in [0.2, 0.25) is 0 Å². The van der Waals surface area contributed by atoms with Crippen molar-refractivity contribution in [1.29, 1.82) is 0 Å². The number of Topliss-reactive ketones (excluding diaryl/α,β-unsaturated/α-hetero) is 1. The van der Waals surface area contributed by atoms with E-state index in [0.29, 0.717) is 17.6 Å². The molecule has 1 aromatic rings. The Balaban J connectivity index is 1.81. The quantitative estimate of drug-likeness (QED) is 0.441. The average Bonchev–Trinajstić information content (AvgIpc) is 2.87. The predicted molar refractivity (Wildman–Crippen MR) is 141 cm³/mol. The van der Waals surface area contributed by atoms with Crippen LogP contribution < -0.4 is 0 Å². The molecule has 1 unspecified atom stereocenters. The smallest absolute Gasteiger partial charge is 0.338 e. The van der Waals surface area contributed by atoms with Gasteiger partial charge < -0.3 is 24.4 Å². The molecular formula is C31H40O8. The van der Waals surface area contributed by atoms with Crippen molar-refractivity contribution >= 4 is 17.7 Å². The van der Waals surface area contributed by atoms with Crippen LogP contribution in [0.5, 0.6) is 0 Å². The first-order chi connectivity index (χ1) is 18.1. The lowest BCUT2D eigenvalue weighted by atomic mass is 9.42. The van der Waals surface area contributed by atoms with Crippen LogP contribution in [0, 0.1) is 28.6 Å². The van der Waals surface area contributed by atoms with E-state index in [0.717, 1.165) is 0 Å². The minimum Gasteiger partial charge on any atom is -0.455 e. The molecule has 5 rings (SSSR count). The Labute approximate surface area is 229 Å². The largest absolute Gasteiger partial charge is 0.455 e. The second-order valence-electron chi connectivity index (χ2n) is 12.9. The molecule has 0 spiro atoms. The van der Waals surface area contributed by atoms with Gasteiger partial charge in [-0.3, -0.25) is 9.59 Å². The van der Waals surface area contributed by atoms with Gasteiger partial charge in [0.2, 0.25) is 0 Å². The van der Waals surface area contributed by atoms with Crippen molar-refractivity contribution in [3.05, 3.63) is 47.0 Å². The monoisotopic (exact) mass is 540 g/mol. The van der Waals surface area contributed by atoms with E-state index >= 15 is 0 Å². The van der Waals surface area contributed by atoms with Gasteiger partial charge in [-0.05, 0) is 42.5 Å². The number of carbonyl (C=O) groups excluding carboxylic acids is 3. The van der Waals surface area contributed by atoms with E-state index in [1.54, 1.807) is 37.3 Å². The van der Waals surface area contributed by atoms with Crippen molar-refractivity contribution in [1.82, 2.24) is 0 Å². The van der Waals surface area contributed by atoms with Gasteiger partial charge in [-0.2, -0.15) is 0 Å². The lowest BCUT2D eigenvalue weighted by Crippen LogP contribution is -2.80. The number of hydrogen-bond donors (Lipinski definition) is 2. The van der Waals surface area contributed by atoms with Gasteiger partial charge in [0, 0.05) is 30.1 Å². The van der Waals surface area contributed by atoms with E-state index in [2.05, 4.69) is 0 Å². The zero-order chi connectivity index (χ0) is 28.7.